The number of halogens is 1. The van der Waals surface area contributed by atoms with E-state index in [9.17, 15) is 22.9 Å². The molecule has 0 spiro atoms. The molecule has 0 unspecified atom stereocenters. The normalized spacial score (nSPS) is 28.6. The van der Waals surface area contributed by atoms with Crippen LogP contribution in [-0.2, 0) is 21.2 Å². The number of benzene rings is 2. The Balaban J connectivity index is 1.28. The lowest BCUT2D eigenvalue weighted by Gasteiger charge is -2.23. The van der Waals surface area contributed by atoms with E-state index in [1.165, 1.54) is 30.7 Å². The summed E-state index contributed by atoms with van der Waals surface area (Å²) in [4.78, 5) is 12.7. The quantitative estimate of drug-likeness (QED) is 0.613. The Bertz CT molecular complexity index is 1240. The Morgan fingerprint density at radius 2 is 1.97 bits per heavy atom. The largest absolute Gasteiger partial charge is 0.339 e. The van der Waals surface area contributed by atoms with Crippen molar-refractivity contribution in [2.24, 2.45) is 22.9 Å². The first kappa shape index (κ1) is 21.1. The fourth-order valence-electron chi connectivity index (χ4n) is 5.39. The summed E-state index contributed by atoms with van der Waals surface area (Å²) < 4.78 is 38.0. The van der Waals surface area contributed by atoms with Gasteiger partial charge in [-0.05, 0) is 65.5 Å². The smallest absolute Gasteiger partial charge is 0.238 e. The molecule has 1 aliphatic heterocycles. The third-order valence-corrected chi connectivity index (χ3v) is 7.94. The monoisotopic (exact) mass is 454 g/mol. The summed E-state index contributed by atoms with van der Waals surface area (Å²) in [5.74, 6) is 0.973. The fourth-order valence-corrected chi connectivity index (χ4v) is 5.95. The van der Waals surface area contributed by atoms with Crippen LogP contribution in [0.1, 0.15) is 18.4 Å². The lowest BCUT2D eigenvalue weighted by atomic mass is 9.96. The Labute approximate surface area is 185 Å². The summed E-state index contributed by atoms with van der Waals surface area (Å²) in [6, 6.07) is 11.8. The highest BCUT2D eigenvalue weighted by atomic mass is 32.2. The molecule has 3 aliphatic rings. The molecule has 2 bridgehead atoms. The van der Waals surface area contributed by atoms with Gasteiger partial charge in [0.05, 0.1) is 17.0 Å². The molecule has 32 heavy (non-hydrogen) atoms. The van der Waals surface area contributed by atoms with Crippen LogP contribution in [0.2, 0.25) is 0 Å². The van der Waals surface area contributed by atoms with Crippen molar-refractivity contribution < 1.29 is 17.6 Å². The van der Waals surface area contributed by atoms with Gasteiger partial charge in [0, 0.05) is 12.5 Å². The van der Waals surface area contributed by atoms with Gasteiger partial charge in [-0.2, -0.15) is 5.26 Å². The Kier molecular flexibility index (Phi) is 5.04. The van der Waals surface area contributed by atoms with E-state index in [-0.39, 0.29) is 23.3 Å². The summed E-state index contributed by atoms with van der Waals surface area (Å²) in [6.45, 7) is 0. The number of hydrogen-bond acceptors (Lipinski definition) is 5. The van der Waals surface area contributed by atoms with Crippen molar-refractivity contribution in [3.8, 4) is 17.2 Å². The van der Waals surface area contributed by atoms with Crippen molar-refractivity contribution >= 4 is 15.9 Å². The molecule has 2 saturated carbocycles. The van der Waals surface area contributed by atoms with E-state index in [0.717, 1.165) is 6.42 Å². The third-order valence-electron chi connectivity index (χ3n) is 7.03. The van der Waals surface area contributed by atoms with Gasteiger partial charge < -0.3 is 10.6 Å². The number of sulfonamides is 1. The molecule has 1 heterocycles. The van der Waals surface area contributed by atoms with Gasteiger partial charge in [-0.15, -0.1) is 0 Å². The van der Waals surface area contributed by atoms with Gasteiger partial charge in [0.25, 0.3) is 0 Å². The first-order chi connectivity index (χ1) is 15.2. The number of nitrogens with one attached hydrogen (secondary N) is 2. The average molecular weight is 455 g/mol. The van der Waals surface area contributed by atoms with E-state index in [1.54, 1.807) is 18.2 Å². The van der Waals surface area contributed by atoms with E-state index in [4.69, 9.17) is 5.14 Å². The topological polar surface area (TPSA) is 125 Å². The molecule has 3 fully saturated rings. The summed E-state index contributed by atoms with van der Waals surface area (Å²) in [5, 5.41) is 20.8. The molecule has 2 aromatic rings. The number of hydrogen-bond donors (Lipinski definition) is 3. The maximum absolute atomic E-state index is 14.8. The number of carbonyl (C=O) groups is 1. The molecular formula is C23H23FN4O3S. The molecule has 0 aromatic heterocycles. The number of fused-ring (bicyclic) bond motifs is 5. The van der Waals surface area contributed by atoms with Gasteiger partial charge >= 0.3 is 0 Å². The Morgan fingerprint density at radius 1 is 1.19 bits per heavy atom. The van der Waals surface area contributed by atoms with E-state index in [1.807, 2.05) is 0 Å². The number of nitrogens with two attached hydrogens (primary N) is 1. The molecule has 7 nitrogen and oxygen atoms in total. The van der Waals surface area contributed by atoms with Gasteiger partial charge in [-0.25, -0.2) is 17.9 Å². The van der Waals surface area contributed by atoms with Gasteiger partial charge in [-0.1, -0.05) is 24.3 Å². The molecule has 5 rings (SSSR count). The van der Waals surface area contributed by atoms with E-state index >= 15 is 0 Å². The van der Waals surface area contributed by atoms with Crippen LogP contribution in [-0.4, -0.2) is 32.5 Å². The number of nitrogens with zero attached hydrogens (tertiary/aromatic N) is 1. The first-order valence-electron chi connectivity index (χ1n) is 10.6. The lowest BCUT2D eigenvalue weighted by Crippen LogP contribution is -2.51. The van der Waals surface area contributed by atoms with Gasteiger partial charge in [-0.3, -0.25) is 4.79 Å². The molecule has 4 N–H and O–H groups in total. The maximum atomic E-state index is 14.8. The highest BCUT2D eigenvalue weighted by Gasteiger charge is 2.62. The van der Waals surface area contributed by atoms with Crippen LogP contribution in [0.25, 0.3) is 11.1 Å². The summed E-state index contributed by atoms with van der Waals surface area (Å²) >= 11 is 0. The van der Waals surface area contributed by atoms with Crippen LogP contribution < -0.4 is 15.8 Å². The highest BCUT2D eigenvalue weighted by molar-refractivity contribution is 7.89. The van der Waals surface area contributed by atoms with Gasteiger partial charge in [0.1, 0.15) is 11.9 Å². The zero-order chi connectivity index (χ0) is 22.6. The van der Waals surface area contributed by atoms with Gasteiger partial charge in [0.15, 0.2) is 0 Å². The van der Waals surface area contributed by atoms with Crippen molar-refractivity contribution in [3.05, 3.63) is 53.8 Å². The number of primary sulfonamides is 1. The first-order valence-corrected chi connectivity index (χ1v) is 12.2. The standard InChI is InChI=1S/C23H23FN4O3S/c24-20-8-13(12-2-1-3-16(7-12)32(26,30)31)4-5-14(20)6-15(11-25)27-23(29)22-19-10-21(28-22)18-9-17(18)19/h1-5,7-8,15,17-19,21-22,28H,6,9-10H2,(H,27,29)(H2,26,30,31)/t15-,17+,18-,19+,21-,22-/m0/s1. The summed E-state index contributed by atoms with van der Waals surface area (Å²) in [7, 11) is -3.87. The van der Waals surface area contributed by atoms with E-state index in [2.05, 4.69) is 16.7 Å². The second kappa shape index (κ2) is 7.66. The molecular weight excluding hydrogens is 431 g/mol. The minimum absolute atomic E-state index is 0.0401. The van der Waals surface area contributed by atoms with Crippen molar-refractivity contribution in [1.29, 1.82) is 5.26 Å². The number of piperidine rings is 1. The van der Waals surface area contributed by atoms with Gasteiger partial charge in [0.2, 0.25) is 15.9 Å². The van der Waals surface area contributed by atoms with Crippen LogP contribution >= 0.6 is 0 Å². The predicted molar refractivity (Wildman–Crippen MR) is 115 cm³/mol. The highest BCUT2D eigenvalue weighted by Crippen LogP contribution is 2.59. The zero-order valence-corrected chi connectivity index (χ0v) is 18.0. The Morgan fingerprint density at radius 3 is 2.62 bits per heavy atom. The minimum Gasteiger partial charge on any atom is -0.339 e. The van der Waals surface area contributed by atoms with E-state index < -0.39 is 21.9 Å². The molecule has 0 radical (unpaired) electrons. The van der Waals surface area contributed by atoms with Crippen molar-refractivity contribution in [2.75, 3.05) is 0 Å². The number of carbonyl (C=O) groups excluding carboxylic acids is 1. The molecule has 1 saturated heterocycles. The van der Waals surface area contributed by atoms with E-state index in [0.29, 0.717) is 40.5 Å². The molecule has 9 heteroatoms. The molecule has 2 aromatic carbocycles. The lowest BCUT2D eigenvalue weighted by molar-refractivity contribution is -0.124. The predicted octanol–water partition coefficient (Wildman–Crippen LogP) is 1.69. The molecule has 166 valence electrons. The van der Waals surface area contributed by atoms with Crippen LogP contribution in [0, 0.1) is 34.9 Å². The zero-order valence-electron chi connectivity index (χ0n) is 17.2. The van der Waals surface area contributed by atoms with Crippen LogP contribution in [0.15, 0.2) is 47.4 Å². The molecule has 6 atom stereocenters. The van der Waals surface area contributed by atoms with Crippen molar-refractivity contribution in [1.82, 2.24) is 10.6 Å². The average Bonchev–Trinajstić information content (AvgIpc) is 3.36. The Hall–Kier alpha value is -2.80. The summed E-state index contributed by atoms with van der Waals surface area (Å²) in [6.07, 6.45) is 2.25. The number of rotatable bonds is 6. The van der Waals surface area contributed by atoms with Crippen LogP contribution in [0.5, 0.6) is 0 Å². The SMILES string of the molecule is N#C[C@H](Cc1ccc(-c2cccc(S(N)(=O)=O)c2)cc1F)NC(=O)[C@H]1N[C@H]2C[C@@H]1[C@@H]1C[C@@H]12. The summed E-state index contributed by atoms with van der Waals surface area (Å²) in [5.41, 5.74) is 1.29. The van der Waals surface area contributed by atoms with Crippen molar-refractivity contribution in [3.63, 3.8) is 0 Å². The van der Waals surface area contributed by atoms with Crippen molar-refractivity contribution in [2.45, 2.75) is 42.3 Å². The number of amides is 1. The second-order valence-electron chi connectivity index (χ2n) is 8.99. The van der Waals surface area contributed by atoms with Crippen LogP contribution in [0.3, 0.4) is 0 Å². The third kappa shape index (κ3) is 3.79. The molecule has 2 aliphatic carbocycles. The van der Waals surface area contributed by atoms with Crippen LogP contribution in [0.4, 0.5) is 4.39 Å². The number of nitriles is 1. The molecule has 1 amide bonds. The fraction of sp³-hybridized carbons (Fsp3) is 0.391. The minimum atomic E-state index is -3.87. The maximum Gasteiger partial charge on any atom is 0.238 e. The second-order valence-corrected chi connectivity index (χ2v) is 10.5.